The van der Waals surface area contributed by atoms with Gasteiger partial charge in [0.05, 0.1) is 12.5 Å². The number of aromatic amines is 1. The maximum Gasteiger partial charge on any atom is 0.271 e. The first kappa shape index (κ1) is 17.3. The summed E-state index contributed by atoms with van der Waals surface area (Å²) in [6.45, 7) is 5.99. The minimum absolute atomic E-state index is 0.0593. The molecule has 1 aliphatic heterocycles. The third kappa shape index (κ3) is 4.95. The number of unbranched alkanes of at least 4 members (excludes halogenated alkanes) is 1. The molecule has 23 heavy (non-hydrogen) atoms. The average molecular weight is 313 g/mol. The lowest BCUT2D eigenvalue weighted by Gasteiger charge is -2.31. The molecule has 3 rings (SSSR count). The van der Waals surface area contributed by atoms with Crippen LogP contribution in [-0.4, -0.2) is 33.9 Å². The smallest absolute Gasteiger partial charge is 0.271 e. The summed E-state index contributed by atoms with van der Waals surface area (Å²) in [5, 5.41) is 0. The third-order valence-corrected chi connectivity index (χ3v) is 4.28. The Bertz CT molecular complexity index is 556. The van der Waals surface area contributed by atoms with Gasteiger partial charge in [-0.25, -0.2) is 4.98 Å². The Labute approximate surface area is 138 Å². The molecule has 0 spiro atoms. The minimum Gasteiger partial charge on any atom is -0.341 e. The fourth-order valence-corrected chi connectivity index (χ4v) is 2.68. The molecule has 1 N–H and O–H groups in total. The molecule has 1 aromatic carbocycles. The molecule has 0 radical (unpaired) electrons. The van der Waals surface area contributed by atoms with Crippen molar-refractivity contribution < 1.29 is 4.79 Å². The van der Waals surface area contributed by atoms with Crippen LogP contribution in [-0.2, 0) is 0 Å². The Morgan fingerprint density at radius 1 is 1.17 bits per heavy atom. The highest BCUT2D eigenvalue weighted by Gasteiger charge is 2.24. The number of benzene rings is 1. The Kier molecular flexibility index (Phi) is 6.85. The van der Waals surface area contributed by atoms with Crippen molar-refractivity contribution >= 4 is 5.91 Å². The summed E-state index contributed by atoms with van der Waals surface area (Å²) < 4.78 is 0. The number of nitrogens with zero attached hydrogens (tertiary/aromatic N) is 2. The van der Waals surface area contributed by atoms with Crippen molar-refractivity contribution in [1.82, 2.24) is 14.9 Å². The van der Waals surface area contributed by atoms with Crippen LogP contribution < -0.4 is 0 Å². The molecule has 0 unspecified atom stereocenters. The quantitative estimate of drug-likeness (QED) is 0.921. The lowest BCUT2D eigenvalue weighted by Crippen LogP contribution is -2.38. The van der Waals surface area contributed by atoms with Crippen LogP contribution in [0, 0.1) is 0 Å². The number of likely N-dealkylation sites (tertiary alicyclic amines) is 1. The van der Waals surface area contributed by atoms with E-state index >= 15 is 0 Å². The summed E-state index contributed by atoms with van der Waals surface area (Å²) in [7, 11) is 0. The molecule has 124 valence electrons. The molecule has 0 saturated carbocycles. The van der Waals surface area contributed by atoms with Gasteiger partial charge in [-0.15, -0.1) is 0 Å². The largest absolute Gasteiger partial charge is 0.341 e. The summed E-state index contributed by atoms with van der Waals surface area (Å²) in [4.78, 5) is 20.8. The number of carbonyl (C=O) groups excluding carboxylic acids is 1. The van der Waals surface area contributed by atoms with Crippen LogP contribution >= 0.6 is 0 Å². The van der Waals surface area contributed by atoms with Crippen LogP contribution in [0.1, 0.15) is 61.5 Å². The molecule has 1 fully saturated rings. The second kappa shape index (κ2) is 9.13. The molecule has 0 atom stereocenters. The summed E-state index contributed by atoms with van der Waals surface area (Å²) in [6, 6.07) is 10.6. The van der Waals surface area contributed by atoms with Crippen molar-refractivity contribution in [2.24, 2.45) is 0 Å². The lowest BCUT2D eigenvalue weighted by atomic mass is 9.89. The number of amides is 1. The van der Waals surface area contributed by atoms with E-state index < -0.39 is 0 Å². The van der Waals surface area contributed by atoms with E-state index in [-0.39, 0.29) is 5.91 Å². The van der Waals surface area contributed by atoms with Gasteiger partial charge in [-0.05, 0) is 24.3 Å². The number of imidazole rings is 1. The summed E-state index contributed by atoms with van der Waals surface area (Å²) in [6.07, 6.45) is 7.84. The highest BCUT2D eigenvalue weighted by Crippen LogP contribution is 2.28. The highest BCUT2D eigenvalue weighted by atomic mass is 16.2. The number of hydrogen-bond donors (Lipinski definition) is 1. The topological polar surface area (TPSA) is 49.0 Å². The zero-order valence-corrected chi connectivity index (χ0v) is 14.2. The number of hydrogen-bond acceptors (Lipinski definition) is 2. The molecule has 0 aliphatic carbocycles. The summed E-state index contributed by atoms with van der Waals surface area (Å²) >= 11 is 0. The van der Waals surface area contributed by atoms with E-state index in [9.17, 15) is 4.79 Å². The summed E-state index contributed by atoms with van der Waals surface area (Å²) in [5.41, 5.74) is 1.97. The number of piperidine rings is 1. The molecule has 1 aliphatic rings. The van der Waals surface area contributed by atoms with Gasteiger partial charge in [0.15, 0.2) is 0 Å². The molecule has 2 heterocycles. The van der Waals surface area contributed by atoms with Crippen LogP contribution in [0.5, 0.6) is 0 Å². The molecule has 0 bridgehead atoms. The van der Waals surface area contributed by atoms with E-state index in [1.807, 2.05) is 11.0 Å². The van der Waals surface area contributed by atoms with Gasteiger partial charge < -0.3 is 9.88 Å². The number of carbonyl (C=O) groups is 1. The molecular formula is C19H27N3O. The number of nitrogens with one attached hydrogen (secondary N) is 1. The van der Waals surface area contributed by atoms with Crippen LogP contribution in [0.4, 0.5) is 0 Å². The molecule has 4 heteroatoms. The van der Waals surface area contributed by atoms with Gasteiger partial charge in [0.1, 0.15) is 5.69 Å². The van der Waals surface area contributed by atoms with E-state index in [0.717, 1.165) is 25.9 Å². The fraction of sp³-hybridized carbons (Fsp3) is 0.474. The van der Waals surface area contributed by atoms with Crippen LogP contribution in [0.25, 0.3) is 0 Å². The predicted molar refractivity (Wildman–Crippen MR) is 93.5 cm³/mol. The second-order valence-electron chi connectivity index (χ2n) is 5.94. The molecule has 4 nitrogen and oxygen atoms in total. The van der Waals surface area contributed by atoms with E-state index in [2.05, 4.69) is 48.1 Å². The first-order valence-electron chi connectivity index (χ1n) is 8.58. The Morgan fingerprint density at radius 3 is 2.35 bits per heavy atom. The van der Waals surface area contributed by atoms with Crippen molar-refractivity contribution in [2.45, 2.75) is 45.4 Å². The van der Waals surface area contributed by atoms with E-state index in [1.165, 1.54) is 18.4 Å². The van der Waals surface area contributed by atoms with Crippen LogP contribution in [0.2, 0.25) is 0 Å². The second-order valence-corrected chi connectivity index (χ2v) is 5.94. The lowest BCUT2D eigenvalue weighted by molar-refractivity contribution is 0.0707. The van der Waals surface area contributed by atoms with Gasteiger partial charge in [-0.2, -0.15) is 0 Å². The van der Waals surface area contributed by atoms with Crippen molar-refractivity contribution in [3.05, 3.63) is 54.1 Å². The molecule has 1 aromatic heterocycles. The maximum absolute atomic E-state index is 12.2. The number of H-pyrrole nitrogens is 1. The van der Waals surface area contributed by atoms with Crippen molar-refractivity contribution in [1.29, 1.82) is 0 Å². The van der Waals surface area contributed by atoms with E-state index in [0.29, 0.717) is 11.6 Å². The van der Waals surface area contributed by atoms with Gasteiger partial charge in [0.25, 0.3) is 5.91 Å². The monoisotopic (exact) mass is 313 g/mol. The predicted octanol–water partition coefficient (Wildman–Crippen LogP) is 4.24. The minimum atomic E-state index is 0.0593. The normalized spacial score (nSPS) is 15.0. The SMILES string of the molecule is CCCC.O=C(c1cnc[nH]1)N1CCC(c2ccccc2)CC1. The zero-order valence-electron chi connectivity index (χ0n) is 14.2. The first-order valence-corrected chi connectivity index (χ1v) is 8.58. The Balaban J connectivity index is 0.000000433. The fourth-order valence-electron chi connectivity index (χ4n) is 2.68. The van der Waals surface area contributed by atoms with E-state index in [1.54, 1.807) is 12.5 Å². The first-order chi connectivity index (χ1) is 11.3. The van der Waals surface area contributed by atoms with Crippen molar-refractivity contribution in [3.8, 4) is 0 Å². The average Bonchev–Trinajstić information content (AvgIpc) is 3.17. The maximum atomic E-state index is 12.2. The van der Waals surface area contributed by atoms with Gasteiger partial charge >= 0.3 is 0 Å². The standard InChI is InChI=1S/C15H17N3O.C4H10/c19-15(14-10-16-11-17-14)18-8-6-13(7-9-18)12-4-2-1-3-5-12;1-3-4-2/h1-5,10-11,13H,6-9H2,(H,16,17);3-4H2,1-2H3. The van der Waals surface area contributed by atoms with Crippen LogP contribution in [0.3, 0.4) is 0 Å². The third-order valence-electron chi connectivity index (χ3n) is 4.28. The molecule has 1 saturated heterocycles. The highest BCUT2D eigenvalue weighted by molar-refractivity contribution is 5.92. The molecule has 1 amide bonds. The van der Waals surface area contributed by atoms with Crippen LogP contribution in [0.15, 0.2) is 42.9 Å². The van der Waals surface area contributed by atoms with E-state index in [4.69, 9.17) is 0 Å². The van der Waals surface area contributed by atoms with Gasteiger partial charge in [0, 0.05) is 13.1 Å². The van der Waals surface area contributed by atoms with Gasteiger partial charge in [-0.1, -0.05) is 57.0 Å². The molecular weight excluding hydrogens is 286 g/mol. The number of aromatic nitrogens is 2. The van der Waals surface area contributed by atoms with Gasteiger partial charge in [0.2, 0.25) is 0 Å². The molecule has 2 aromatic rings. The number of rotatable bonds is 3. The van der Waals surface area contributed by atoms with Gasteiger partial charge in [-0.3, -0.25) is 4.79 Å². The Morgan fingerprint density at radius 2 is 1.83 bits per heavy atom. The zero-order chi connectivity index (χ0) is 16.5. The van der Waals surface area contributed by atoms with Crippen molar-refractivity contribution in [3.63, 3.8) is 0 Å². The Hall–Kier alpha value is -2.10. The van der Waals surface area contributed by atoms with Crippen molar-refractivity contribution in [2.75, 3.05) is 13.1 Å². The summed E-state index contributed by atoms with van der Waals surface area (Å²) in [5.74, 6) is 0.635.